The van der Waals surface area contributed by atoms with Gasteiger partial charge < -0.3 is 9.88 Å². The fourth-order valence-electron chi connectivity index (χ4n) is 4.05. The van der Waals surface area contributed by atoms with Crippen LogP contribution in [0.3, 0.4) is 0 Å². The molecule has 1 heterocycles. The average Bonchev–Trinajstić information content (AvgIpc) is 3.19. The molecule has 0 aliphatic heterocycles. The van der Waals surface area contributed by atoms with Crippen molar-refractivity contribution < 1.29 is 4.79 Å². The van der Waals surface area contributed by atoms with Crippen LogP contribution in [0.1, 0.15) is 42.8 Å². The number of hydrogen-bond donors (Lipinski definition) is 1. The quantitative estimate of drug-likeness (QED) is 0.379. The lowest BCUT2D eigenvalue weighted by molar-refractivity contribution is -0.121. The van der Waals surface area contributed by atoms with Gasteiger partial charge >= 0.3 is 0 Å². The maximum absolute atomic E-state index is 12.2. The molecule has 4 nitrogen and oxygen atoms in total. The normalized spacial score (nSPS) is 12.0. The molecular formula is C27H29N3O. The lowest BCUT2D eigenvalue weighted by Gasteiger charge is -2.18. The van der Waals surface area contributed by atoms with Crippen LogP contribution in [0.2, 0.25) is 0 Å². The highest BCUT2D eigenvalue weighted by Gasteiger charge is 2.16. The Morgan fingerprint density at radius 2 is 1.58 bits per heavy atom. The molecule has 4 aromatic rings. The number of benzene rings is 3. The smallest absolute Gasteiger partial charge is 0.220 e. The van der Waals surface area contributed by atoms with Gasteiger partial charge in [0.2, 0.25) is 5.91 Å². The van der Waals surface area contributed by atoms with Gasteiger partial charge in [-0.2, -0.15) is 0 Å². The zero-order valence-corrected chi connectivity index (χ0v) is 18.0. The van der Waals surface area contributed by atoms with Gasteiger partial charge in [0.1, 0.15) is 5.82 Å². The fourth-order valence-corrected chi connectivity index (χ4v) is 4.05. The second-order valence-electron chi connectivity index (χ2n) is 7.91. The first-order valence-electron chi connectivity index (χ1n) is 11.0. The number of amides is 1. The highest BCUT2D eigenvalue weighted by Crippen LogP contribution is 2.26. The molecular weight excluding hydrogens is 382 g/mol. The molecule has 1 unspecified atom stereocenters. The van der Waals surface area contributed by atoms with Crippen molar-refractivity contribution in [3.63, 3.8) is 0 Å². The van der Waals surface area contributed by atoms with Crippen molar-refractivity contribution in [3.8, 4) is 0 Å². The Bertz CT molecular complexity index is 1120. The molecule has 1 N–H and O–H groups in total. The minimum Gasteiger partial charge on any atom is -0.356 e. The van der Waals surface area contributed by atoms with Gasteiger partial charge in [-0.05, 0) is 43.0 Å². The number of rotatable bonds is 9. The first kappa shape index (κ1) is 20.9. The second-order valence-corrected chi connectivity index (χ2v) is 7.91. The lowest BCUT2D eigenvalue weighted by Crippen LogP contribution is -2.25. The standard InChI is InChI=1S/C27H29N3O/c1-21(23-13-6-3-7-14-23)30-25-16-9-8-15-24(25)29-26(30)17-10-20-28-27(31)19-18-22-11-4-2-5-12-22/h2-9,11-16,21H,10,17-20H2,1H3,(H,28,31). The molecule has 0 saturated carbocycles. The van der Waals surface area contributed by atoms with Crippen LogP contribution >= 0.6 is 0 Å². The van der Waals surface area contributed by atoms with Crippen LogP contribution in [0.4, 0.5) is 0 Å². The van der Waals surface area contributed by atoms with Crippen molar-refractivity contribution in [2.75, 3.05) is 6.54 Å². The van der Waals surface area contributed by atoms with Crippen molar-refractivity contribution in [2.24, 2.45) is 0 Å². The minimum atomic E-state index is 0.106. The fraction of sp³-hybridized carbons (Fsp3) is 0.259. The second kappa shape index (κ2) is 10.1. The molecule has 0 spiro atoms. The van der Waals surface area contributed by atoms with Crippen molar-refractivity contribution >= 4 is 16.9 Å². The van der Waals surface area contributed by atoms with Crippen LogP contribution in [0.25, 0.3) is 11.0 Å². The van der Waals surface area contributed by atoms with Gasteiger partial charge in [0, 0.05) is 19.4 Å². The molecule has 0 bridgehead atoms. The van der Waals surface area contributed by atoms with E-state index in [-0.39, 0.29) is 11.9 Å². The maximum Gasteiger partial charge on any atom is 0.220 e. The van der Waals surface area contributed by atoms with Crippen LogP contribution in [-0.4, -0.2) is 22.0 Å². The zero-order chi connectivity index (χ0) is 21.5. The summed E-state index contributed by atoms with van der Waals surface area (Å²) in [7, 11) is 0. The summed E-state index contributed by atoms with van der Waals surface area (Å²) in [6.45, 7) is 2.88. The molecule has 0 radical (unpaired) electrons. The van der Waals surface area contributed by atoms with Crippen LogP contribution in [-0.2, 0) is 17.6 Å². The van der Waals surface area contributed by atoms with Crippen molar-refractivity contribution in [2.45, 2.75) is 38.6 Å². The van der Waals surface area contributed by atoms with Crippen LogP contribution in [0.15, 0.2) is 84.9 Å². The Morgan fingerprint density at radius 3 is 2.35 bits per heavy atom. The third-order valence-corrected chi connectivity index (χ3v) is 5.72. The van der Waals surface area contributed by atoms with Crippen molar-refractivity contribution in [1.29, 1.82) is 0 Å². The summed E-state index contributed by atoms with van der Waals surface area (Å²) in [5, 5.41) is 3.06. The Labute approximate surface area is 183 Å². The van der Waals surface area contributed by atoms with E-state index in [1.54, 1.807) is 0 Å². The average molecular weight is 412 g/mol. The predicted molar refractivity (Wildman–Crippen MR) is 126 cm³/mol. The van der Waals surface area contributed by atoms with Gasteiger partial charge in [-0.1, -0.05) is 72.8 Å². The largest absolute Gasteiger partial charge is 0.356 e. The van der Waals surface area contributed by atoms with E-state index < -0.39 is 0 Å². The van der Waals surface area contributed by atoms with E-state index in [2.05, 4.69) is 71.4 Å². The van der Waals surface area contributed by atoms with Gasteiger partial charge in [0.15, 0.2) is 0 Å². The van der Waals surface area contributed by atoms with E-state index in [4.69, 9.17) is 4.98 Å². The highest BCUT2D eigenvalue weighted by molar-refractivity contribution is 5.77. The maximum atomic E-state index is 12.2. The molecule has 0 aliphatic rings. The van der Waals surface area contributed by atoms with Crippen LogP contribution in [0, 0.1) is 0 Å². The summed E-state index contributed by atoms with van der Waals surface area (Å²) in [4.78, 5) is 17.1. The van der Waals surface area contributed by atoms with Crippen molar-refractivity contribution in [1.82, 2.24) is 14.9 Å². The van der Waals surface area contributed by atoms with E-state index in [9.17, 15) is 4.79 Å². The summed E-state index contributed by atoms with van der Waals surface area (Å²) in [6, 6.07) is 29.2. The molecule has 3 aromatic carbocycles. The molecule has 4 rings (SSSR count). The predicted octanol–water partition coefficient (Wildman–Crippen LogP) is 5.33. The minimum absolute atomic E-state index is 0.106. The number of carbonyl (C=O) groups is 1. The van der Waals surface area contributed by atoms with Gasteiger partial charge in [0.05, 0.1) is 17.1 Å². The number of nitrogens with one attached hydrogen (secondary N) is 1. The van der Waals surface area contributed by atoms with E-state index in [0.29, 0.717) is 13.0 Å². The third kappa shape index (κ3) is 5.21. The first-order valence-corrected chi connectivity index (χ1v) is 11.0. The molecule has 1 amide bonds. The first-order chi connectivity index (χ1) is 15.2. The molecule has 158 valence electrons. The summed E-state index contributed by atoms with van der Waals surface area (Å²) < 4.78 is 2.34. The number of para-hydroxylation sites is 2. The Balaban J connectivity index is 1.38. The SMILES string of the molecule is CC(c1ccccc1)n1c(CCCNC(=O)CCc2ccccc2)nc2ccccc21. The topological polar surface area (TPSA) is 46.9 Å². The Hall–Kier alpha value is -3.40. The van der Waals surface area contributed by atoms with Crippen molar-refractivity contribution in [3.05, 3.63) is 102 Å². The number of imidazole rings is 1. The lowest BCUT2D eigenvalue weighted by atomic mass is 10.1. The van der Waals surface area contributed by atoms with Gasteiger partial charge in [-0.25, -0.2) is 4.98 Å². The summed E-state index contributed by atoms with van der Waals surface area (Å²) in [5.74, 6) is 1.17. The summed E-state index contributed by atoms with van der Waals surface area (Å²) >= 11 is 0. The molecule has 0 fully saturated rings. The Morgan fingerprint density at radius 1 is 0.903 bits per heavy atom. The Kier molecular flexibility index (Phi) is 6.78. The molecule has 31 heavy (non-hydrogen) atoms. The molecule has 0 saturated heterocycles. The van der Waals surface area contributed by atoms with Gasteiger partial charge in [-0.3, -0.25) is 4.79 Å². The molecule has 1 aromatic heterocycles. The van der Waals surface area contributed by atoms with Gasteiger partial charge in [-0.15, -0.1) is 0 Å². The number of carbonyl (C=O) groups excluding carboxylic acids is 1. The van der Waals surface area contributed by atoms with E-state index >= 15 is 0 Å². The van der Waals surface area contributed by atoms with E-state index in [1.807, 2.05) is 30.3 Å². The number of hydrogen-bond acceptors (Lipinski definition) is 2. The van der Waals surface area contributed by atoms with E-state index in [1.165, 1.54) is 11.1 Å². The molecule has 4 heteroatoms. The van der Waals surface area contributed by atoms with Crippen LogP contribution in [0.5, 0.6) is 0 Å². The number of aromatic nitrogens is 2. The van der Waals surface area contributed by atoms with Gasteiger partial charge in [0.25, 0.3) is 0 Å². The highest BCUT2D eigenvalue weighted by atomic mass is 16.1. The number of fused-ring (bicyclic) bond motifs is 1. The summed E-state index contributed by atoms with van der Waals surface area (Å²) in [5.41, 5.74) is 4.63. The zero-order valence-electron chi connectivity index (χ0n) is 18.0. The van der Waals surface area contributed by atoms with E-state index in [0.717, 1.165) is 36.1 Å². The molecule has 1 atom stereocenters. The number of aryl methyl sites for hydroxylation is 2. The third-order valence-electron chi connectivity index (χ3n) is 5.72. The molecule has 0 aliphatic carbocycles. The monoisotopic (exact) mass is 411 g/mol. The number of nitrogens with zero attached hydrogens (tertiary/aromatic N) is 2. The summed E-state index contributed by atoms with van der Waals surface area (Å²) in [6.07, 6.45) is 2.98. The van der Waals surface area contributed by atoms with Crippen LogP contribution < -0.4 is 5.32 Å².